The number of ether oxygens (including phenoxy) is 1. The Kier molecular flexibility index (Phi) is 4.91. The molecule has 6 rings (SSSR count). The first kappa shape index (κ1) is 19.7. The second-order valence-corrected chi connectivity index (χ2v) is 8.27. The van der Waals surface area contributed by atoms with E-state index >= 15 is 0 Å². The number of pyridine rings is 2. The number of nitrogens with one attached hydrogen (secondary N) is 1. The zero-order chi connectivity index (χ0) is 22.2. The van der Waals surface area contributed by atoms with E-state index < -0.39 is 0 Å². The maximum Gasteiger partial charge on any atom is 0.227 e. The first-order valence-electron chi connectivity index (χ1n) is 11.0. The lowest BCUT2D eigenvalue weighted by Crippen LogP contribution is -2.15. The van der Waals surface area contributed by atoms with Crippen molar-refractivity contribution in [1.82, 2.24) is 39.3 Å². The zero-order valence-electron chi connectivity index (χ0n) is 18.2. The van der Waals surface area contributed by atoms with Crippen LogP contribution in [0.5, 0.6) is 0 Å². The fourth-order valence-electron chi connectivity index (χ4n) is 4.28. The highest BCUT2D eigenvalue weighted by molar-refractivity contribution is 5.79. The van der Waals surface area contributed by atoms with Crippen LogP contribution in [0.3, 0.4) is 0 Å². The Morgan fingerprint density at radius 1 is 1.15 bits per heavy atom. The maximum absolute atomic E-state index is 5.58. The van der Waals surface area contributed by atoms with E-state index in [4.69, 9.17) is 14.8 Å². The Balaban J connectivity index is 1.40. The molecule has 10 nitrogen and oxygen atoms in total. The number of nitrogens with zero attached hydrogens (tertiary/aromatic N) is 8. The Labute approximate surface area is 189 Å². The zero-order valence-corrected chi connectivity index (χ0v) is 18.2. The highest BCUT2D eigenvalue weighted by Gasteiger charge is 2.24. The van der Waals surface area contributed by atoms with Crippen molar-refractivity contribution >= 4 is 28.3 Å². The van der Waals surface area contributed by atoms with Crippen LogP contribution in [0.25, 0.3) is 16.7 Å². The molecule has 1 N–H and O–H groups in total. The van der Waals surface area contributed by atoms with Gasteiger partial charge < -0.3 is 10.1 Å². The molecule has 0 bridgehead atoms. The number of anilines is 2. The lowest BCUT2D eigenvalue weighted by Gasteiger charge is -2.20. The molecule has 5 aromatic heterocycles. The first-order valence-corrected chi connectivity index (χ1v) is 11.0. The molecule has 1 aliphatic rings. The molecule has 0 unspecified atom stereocenters. The molecule has 6 heterocycles. The van der Waals surface area contributed by atoms with Gasteiger partial charge in [0.15, 0.2) is 5.65 Å². The van der Waals surface area contributed by atoms with Gasteiger partial charge in [0.2, 0.25) is 5.95 Å². The summed E-state index contributed by atoms with van der Waals surface area (Å²) >= 11 is 0. The van der Waals surface area contributed by atoms with Crippen LogP contribution >= 0.6 is 0 Å². The topological polar surface area (TPSA) is 108 Å². The molecule has 0 radical (unpaired) electrons. The van der Waals surface area contributed by atoms with Crippen molar-refractivity contribution in [1.29, 1.82) is 0 Å². The van der Waals surface area contributed by atoms with Gasteiger partial charge in [-0.05, 0) is 49.1 Å². The predicted molar refractivity (Wildman–Crippen MR) is 122 cm³/mol. The summed E-state index contributed by atoms with van der Waals surface area (Å²) in [7, 11) is 0. The molecule has 0 aliphatic carbocycles. The minimum Gasteiger partial charge on any atom is -0.381 e. The van der Waals surface area contributed by atoms with Gasteiger partial charge in [0.25, 0.3) is 0 Å². The van der Waals surface area contributed by atoms with E-state index in [1.54, 1.807) is 23.2 Å². The number of hydrogen-bond donors (Lipinski definition) is 1. The van der Waals surface area contributed by atoms with Crippen molar-refractivity contribution in [2.45, 2.75) is 32.2 Å². The monoisotopic (exact) mass is 441 g/mol. The molecular weight excluding hydrogens is 418 g/mol. The molecule has 1 saturated heterocycles. The minimum absolute atomic E-state index is 0.316. The summed E-state index contributed by atoms with van der Waals surface area (Å²) in [6.45, 7) is 4.16. The Morgan fingerprint density at radius 3 is 2.85 bits per heavy atom. The molecule has 0 amide bonds. The van der Waals surface area contributed by atoms with E-state index in [0.29, 0.717) is 18.4 Å². The maximum atomic E-state index is 5.58. The Bertz CT molecular complexity index is 1420. The van der Waals surface area contributed by atoms with Crippen LogP contribution in [-0.2, 0) is 11.3 Å². The average molecular weight is 441 g/mol. The minimum atomic E-state index is 0.316. The summed E-state index contributed by atoms with van der Waals surface area (Å²) in [6.07, 6.45) is 10.8. The second-order valence-electron chi connectivity index (χ2n) is 8.27. The number of rotatable bonds is 5. The van der Waals surface area contributed by atoms with Crippen LogP contribution in [0.4, 0.5) is 11.6 Å². The lowest BCUT2D eigenvalue weighted by molar-refractivity contribution is 0.0846. The van der Waals surface area contributed by atoms with E-state index in [9.17, 15) is 0 Å². The molecule has 10 heteroatoms. The van der Waals surface area contributed by atoms with Crippen LogP contribution in [0.15, 0.2) is 49.3 Å². The predicted octanol–water partition coefficient (Wildman–Crippen LogP) is 3.26. The quantitative estimate of drug-likeness (QED) is 0.443. The highest BCUT2D eigenvalue weighted by atomic mass is 16.5. The van der Waals surface area contributed by atoms with Gasteiger partial charge in [0, 0.05) is 31.5 Å². The van der Waals surface area contributed by atoms with Gasteiger partial charge in [-0.1, -0.05) is 0 Å². The molecule has 5 aromatic rings. The van der Waals surface area contributed by atoms with Crippen LogP contribution in [-0.4, -0.2) is 52.5 Å². The van der Waals surface area contributed by atoms with Crippen LogP contribution in [0, 0.1) is 6.92 Å². The normalized spacial score (nSPS) is 14.8. The van der Waals surface area contributed by atoms with Gasteiger partial charge in [-0.25, -0.2) is 19.5 Å². The van der Waals surface area contributed by atoms with Gasteiger partial charge in [-0.3, -0.25) is 9.67 Å². The van der Waals surface area contributed by atoms with E-state index in [0.717, 1.165) is 65.2 Å². The second kappa shape index (κ2) is 8.21. The van der Waals surface area contributed by atoms with Gasteiger partial charge in [0.1, 0.15) is 17.4 Å². The van der Waals surface area contributed by atoms with Crippen molar-refractivity contribution in [2.75, 3.05) is 18.5 Å². The molecule has 166 valence electrons. The Hall–Kier alpha value is -3.92. The van der Waals surface area contributed by atoms with Crippen LogP contribution in [0.1, 0.15) is 35.6 Å². The van der Waals surface area contributed by atoms with Crippen molar-refractivity contribution in [3.8, 4) is 0 Å². The summed E-state index contributed by atoms with van der Waals surface area (Å²) in [4.78, 5) is 17.9. The summed E-state index contributed by atoms with van der Waals surface area (Å²) < 4.78 is 9.30. The molecule has 1 fully saturated rings. The molecule has 0 spiro atoms. The van der Waals surface area contributed by atoms with Gasteiger partial charge in [0.05, 0.1) is 30.3 Å². The summed E-state index contributed by atoms with van der Waals surface area (Å²) in [5.74, 6) is 0.845. The average Bonchev–Trinajstić information content (AvgIpc) is 3.44. The van der Waals surface area contributed by atoms with Gasteiger partial charge >= 0.3 is 0 Å². The molecule has 33 heavy (non-hydrogen) atoms. The smallest absolute Gasteiger partial charge is 0.227 e. The number of hydrogen-bond acceptors (Lipinski definition) is 8. The highest BCUT2D eigenvalue weighted by Crippen LogP contribution is 2.32. The fourth-order valence-corrected chi connectivity index (χ4v) is 4.28. The number of aromatic nitrogens is 8. The van der Waals surface area contributed by atoms with Gasteiger partial charge in [-0.15, -0.1) is 0 Å². The van der Waals surface area contributed by atoms with Gasteiger partial charge in [-0.2, -0.15) is 10.2 Å². The molecule has 0 aromatic carbocycles. The van der Waals surface area contributed by atoms with E-state index in [-0.39, 0.29) is 0 Å². The third kappa shape index (κ3) is 3.78. The van der Waals surface area contributed by atoms with Crippen molar-refractivity contribution in [3.63, 3.8) is 0 Å². The van der Waals surface area contributed by atoms with E-state index in [2.05, 4.69) is 25.4 Å². The summed E-state index contributed by atoms with van der Waals surface area (Å²) in [5.41, 5.74) is 6.66. The third-order valence-corrected chi connectivity index (χ3v) is 6.08. The van der Waals surface area contributed by atoms with Crippen molar-refractivity contribution in [2.24, 2.45) is 0 Å². The summed E-state index contributed by atoms with van der Waals surface area (Å²) in [5, 5.41) is 12.6. The first-order chi connectivity index (χ1) is 16.2. The van der Waals surface area contributed by atoms with Crippen LogP contribution < -0.4 is 5.32 Å². The number of fused-ring (bicyclic) bond motifs is 2. The Morgan fingerprint density at radius 2 is 2.00 bits per heavy atom. The third-order valence-electron chi connectivity index (χ3n) is 6.08. The fraction of sp³-hybridized carbons (Fsp3) is 0.304. The molecule has 0 saturated carbocycles. The molecular formula is C23H23N9O. The largest absolute Gasteiger partial charge is 0.381 e. The van der Waals surface area contributed by atoms with E-state index in [1.807, 2.05) is 42.2 Å². The van der Waals surface area contributed by atoms with Crippen LogP contribution in [0.2, 0.25) is 0 Å². The van der Waals surface area contributed by atoms with Crippen molar-refractivity contribution < 1.29 is 4.74 Å². The standard InChI is InChI=1S/C23H23N9O/c1-15-10-20-26-14-27-32(20)13-18(15)28-23-25-11-19-22(29-23)21(17-4-8-33-9-5-17)30-31(19)12-16-2-6-24-7-3-16/h2-3,6-7,10-11,13-14,17H,4-5,8-9,12H2,1H3,(H,25,28,29). The number of aryl methyl sites for hydroxylation is 1. The lowest BCUT2D eigenvalue weighted by atomic mass is 9.96. The SMILES string of the molecule is Cc1cc2ncnn2cc1Nc1ncc2c(n1)c(C1CCOCC1)nn2Cc1ccncc1. The molecule has 0 atom stereocenters. The summed E-state index contributed by atoms with van der Waals surface area (Å²) in [6, 6.07) is 5.98. The van der Waals surface area contributed by atoms with Crippen molar-refractivity contribution in [3.05, 3.63) is 66.1 Å². The molecule has 1 aliphatic heterocycles. The van der Waals surface area contributed by atoms with E-state index in [1.165, 1.54) is 0 Å².